The fraction of sp³-hybridized carbons (Fsp3) is 0.889. The van der Waals surface area contributed by atoms with Gasteiger partial charge in [-0.15, -0.1) is 0 Å². The molecule has 0 saturated carbocycles. The Morgan fingerprint density at radius 2 is 1.94 bits per heavy atom. The van der Waals surface area contributed by atoms with Crippen LogP contribution in [-0.2, 0) is 13.6 Å². The smallest absolute Gasteiger partial charge is 0.396 e. The summed E-state index contributed by atoms with van der Waals surface area (Å²) in [6, 6.07) is 0.417. The molecule has 0 bridgehead atoms. The minimum Gasteiger partial charge on any atom is -0.396 e. The van der Waals surface area contributed by atoms with Crippen LogP contribution in [0.1, 0.15) is 19.3 Å². The average Bonchev–Trinajstić information content (AvgIpc) is 2.31. The highest BCUT2D eigenvalue weighted by atomic mass is 28.4. The van der Waals surface area contributed by atoms with E-state index in [-0.39, 0.29) is 12.5 Å². The van der Waals surface area contributed by atoms with Crippen LogP contribution in [0.15, 0.2) is 0 Å². The highest BCUT2D eigenvalue weighted by Crippen LogP contribution is 2.09. The summed E-state index contributed by atoms with van der Waals surface area (Å²) in [5, 5.41) is 11.2. The molecule has 0 aliphatic rings. The summed E-state index contributed by atoms with van der Waals surface area (Å²) < 4.78 is 9.77. The Bertz CT molecular complexity index is 198. The van der Waals surface area contributed by atoms with Crippen LogP contribution >= 0.6 is 0 Å². The van der Waals surface area contributed by atoms with Gasteiger partial charge in [0.15, 0.2) is 0 Å². The molecule has 0 aromatic heterocycles. The van der Waals surface area contributed by atoms with Crippen LogP contribution in [-0.4, -0.2) is 52.0 Å². The lowest BCUT2D eigenvalue weighted by Gasteiger charge is -2.19. The molecule has 0 aliphatic heterocycles. The monoisotopic (exact) mass is 251 g/mol. The maximum Gasteiger partial charge on any atom is 0.497 e. The van der Waals surface area contributed by atoms with Crippen LogP contribution in [0.5, 0.6) is 0 Å². The van der Waals surface area contributed by atoms with Gasteiger partial charge in [-0.2, -0.15) is 0 Å². The first-order valence-corrected chi connectivity index (χ1v) is 7.25. The van der Waals surface area contributed by atoms with E-state index in [1.165, 1.54) is 14.2 Å². The molecule has 1 amide bonds. The molecule has 16 heavy (non-hydrogen) atoms. The molecule has 0 aliphatic carbocycles. The van der Waals surface area contributed by atoms with E-state index in [9.17, 15) is 9.59 Å². The zero-order valence-corrected chi connectivity index (χ0v) is 10.9. The zero-order chi connectivity index (χ0) is 12.4. The second-order valence-corrected chi connectivity index (χ2v) is 6.14. The number of nitrogens with one attached hydrogen (secondary N) is 1. The molecule has 0 heterocycles. The predicted molar refractivity (Wildman–Crippen MR) is 60.7 cm³/mol. The van der Waals surface area contributed by atoms with E-state index in [0.717, 1.165) is 0 Å². The molecule has 96 valence electrons. The topological polar surface area (TPSA) is 88.0 Å². The molecule has 7 heteroatoms. The van der Waals surface area contributed by atoms with E-state index in [1.807, 2.05) is 0 Å². The van der Waals surface area contributed by atoms with Gasteiger partial charge in [-0.3, -0.25) is 4.79 Å². The van der Waals surface area contributed by atoms with E-state index in [1.54, 1.807) is 0 Å². The molecular formula is C9H21NO5Si. The molecule has 0 fully saturated rings. The van der Waals surface area contributed by atoms with Crippen LogP contribution in [0.25, 0.3) is 0 Å². The number of amides is 1. The lowest BCUT2D eigenvalue weighted by molar-refractivity contribution is -0.121. The van der Waals surface area contributed by atoms with Crippen molar-refractivity contribution in [3.05, 3.63) is 0 Å². The van der Waals surface area contributed by atoms with Gasteiger partial charge in [0.2, 0.25) is 5.91 Å². The molecule has 0 radical (unpaired) electrons. The first-order chi connectivity index (χ1) is 7.58. The Labute approximate surface area is 96.9 Å². The molecular weight excluding hydrogens is 230 g/mol. The van der Waals surface area contributed by atoms with Crippen LogP contribution in [0.2, 0.25) is 6.04 Å². The average molecular weight is 251 g/mol. The summed E-state index contributed by atoms with van der Waals surface area (Å²) in [6.07, 6.45) is 1.41. The molecule has 3 N–H and O–H groups in total. The quantitative estimate of drug-likeness (QED) is 0.379. The third-order valence-corrected chi connectivity index (χ3v) is 4.45. The fourth-order valence-corrected chi connectivity index (χ4v) is 2.35. The third kappa shape index (κ3) is 6.91. The maximum absolute atomic E-state index is 11.1. The molecule has 0 aromatic rings. The Morgan fingerprint density at radius 3 is 2.44 bits per heavy atom. The van der Waals surface area contributed by atoms with E-state index in [2.05, 4.69) is 5.32 Å². The van der Waals surface area contributed by atoms with Crippen molar-refractivity contribution in [2.75, 3.05) is 27.4 Å². The van der Waals surface area contributed by atoms with E-state index in [4.69, 9.17) is 14.0 Å². The van der Waals surface area contributed by atoms with Gasteiger partial charge in [0.25, 0.3) is 0 Å². The maximum atomic E-state index is 11.1. The standard InChI is InChI=1S/C9H21NO5Si/c1-14-16(13,15-2)8-4-6-10-9(12)5-3-7-11/h11,13H,3-8H2,1-2H3,(H,10,12). The second kappa shape index (κ2) is 8.65. The highest BCUT2D eigenvalue weighted by molar-refractivity contribution is 6.59. The van der Waals surface area contributed by atoms with E-state index in [0.29, 0.717) is 31.9 Å². The minimum atomic E-state index is -2.99. The van der Waals surface area contributed by atoms with Gasteiger partial charge in [0.05, 0.1) is 0 Å². The van der Waals surface area contributed by atoms with Crippen molar-refractivity contribution >= 4 is 14.7 Å². The van der Waals surface area contributed by atoms with Crippen LogP contribution < -0.4 is 5.32 Å². The summed E-state index contributed by atoms with van der Waals surface area (Å²) in [7, 11) is -0.162. The Morgan fingerprint density at radius 1 is 1.31 bits per heavy atom. The van der Waals surface area contributed by atoms with Crippen LogP contribution in [0.4, 0.5) is 0 Å². The van der Waals surface area contributed by atoms with Crippen LogP contribution in [0.3, 0.4) is 0 Å². The van der Waals surface area contributed by atoms with Crippen molar-refractivity contribution in [1.82, 2.24) is 5.32 Å². The number of aliphatic hydroxyl groups is 1. The first kappa shape index (κ1) is 15.5. The van der Waals surface area contributed by atoms with Crippen molar-refractivity contribution in [3.8, 4) is 0 Å². The van der Waals surface area contributed by atoms with Crippen molar-refractivity contribution < 1.29 is 23.5 Å². The third-order valence-electron chi connectivity index (χ3n) is 2.19. The number of rotatable bonds is 9. The second-order valence-electron chi connectivity index (χ2n) is 3.40. The van der Waals surface area contributed by atoms with E-state index < -0.39 is 8.80 Å². The predicted octanol–water partition coefficient (Wildman–Crippen LogP) is -0.511. The van der Waals surface area contributed by atoms with Crippen LogP contribution in [0, 0.1) is 0 Å². The molecule has 0 saturated heterocycles. The number of carbonyl (C=O) groups excluding carboxylic acids is 1. The largest absolute Gasteiger partial charge is 0.497 e. The fourth-order valence-electron chi connectivity index (χ4n) is 1.16. The van der Waals surface area contributed by atoms with Gasteiger partial charge in [0, 0.05) is 39.8 Å². The van der Waals surface area contributed by atoms with E-state index >= 15 is 0 Å². The highest BCUT2D eigenvalue weighted by Gasteiger charge is 2.33. The molecule has 0 rings (SSSR count). The molecule has 6 nitrogen and oxygen atoms in total. The summed E-state index contributed by atoms with van der Waals surface area (Å²) >= 11 is 0. The van der Waals surface area contributed by atoms with Gasteiger partial charge >= 0.3 is 8.80 Å². The SMILES string of the molecule is CO[Si](O)(CCCNC(=O)CCCO)OC. The summed E-state index contributed by atoms with van der Waals surface area (Å²) in [4.78, 5) is 20.8. The lowest BCUT2D eigenvalue weighted by atomic mass is 10.3. The normalized spacial score (nSPS) is 11.5. The molecule has 0 unspecified atom stereocenters. The number of hydrogen-bond acceptors (Lipinski definition) is 5. The number of aliphatic hydroxyl groups excluding tert-OH is 1. The zero-order valence-electron chi connectivity index (χ0n) is 9.86. The van der Waals surface area contributed by atoms with Gasteiger partial charge in [-0.25, -0.2) is 0 Å². The van der Waals surface area contributed by atoms with Crippen molar-refractivity contribution in [2.24, 2.45) is 0 Å². The number of hydrogen-bond donors (Lipinski definition) is 3. The molecule has 0 aromatic carbocycles. The number of carbonyl (C=O) groups is 1. The van der Waals surface area contributed by atoms with Gasteiger partial charge < -0.3 is 24.1 Å². The van der Waals surface area contributed by atoms with Gasteiger partial charge in [0.1, 0.15) is 0 Å². The summed E-state index contributed by atoms with van der Waals surface area (Å²) in [5.74, 6) is -0.0888. The van der Waals surface area contributed by atoms with Crippen molar-refractivity contribution in [3.63, 3.8) is 0 Å². The summed E-state index contributed by atoms with van der Waals surface area (Å²) in [6.45, 7) is 0.500. The Balaban J connectivity index is 3.55. The van der Waals surface area contributed by atoms with Crippen molar-refractivity contribution in [2.45, 2.75) is 25.3 Å². The first-order valence-electron chi connectivity index (χ1n) is 5.28. The Hall–Kier alpha value is -0.473. The van der Waals surface area contributed by atoms with Gasteiger partial charge in [-0.1, -0.05) is 0 Å². The molecule has 0 spiro atoms. The van der Waals surface area contributed by atoms with Gasteiger partial charge in [-0.05, 0) is 12.8 Å². The van der Waals surface area contributed by atoms with Crippen molar-refractivity contribution in [1.29, 1.82) is 0 Å². The minimum absolute atomic E-state index is 0.0213. The Kier molecular flexibility index (Phi) is 8.40. The lowest BCUT2D eigenvalue weighted by Crippen LogP contribution is -2.40. The summed E-state index contributed by atoms with van der Waals surface area (Å²) in [5.41, 5.74) is 0. The molecule has 0 atom stereocenters.